The molecule has 1 amide bonds. The van der Waals surface area contributed by atoms with Gasteiger partial charge in [0.2, 0.25) is 0 Å². The first-order valence-electron chi connectivity index (χ1n) is 9.87. The molecule has 4 aromatic rings. The maximum absolute atomic E-state index is 13.5. The lowest BCUT2D eigenvalue weighted by atomic mass is 10.2. The molecule has 2 aromatic heterocycles. The predicted molar refractivity (Wildman–Crippen MR) is 123 cm³/mol. The van der Waals surface area contributed by atoms with Crippen molar-refractivity contribution in [3.05, 3.63) is 128 Å². The molecule has 0 saturated carbocycles. The van der Waals surface area contributed by atoms with E-state index < -0.39 is 17.2 Å². The first-order chi connectivity index (χ1) is 15.5. The Bertz CT molecular complexity index is 1350. The summed E-state index contributed by atoms with van der Waals surface area (Å²) in [5.74, 6) is -0.175. The highest BCUT2D eigenvalue weighted by atomic mass is 35.5. The second-order valence-electron chi connectivity index (χ2n) is 7.06. The average Bonchev–Trinajstić information content (AvgIpc) is 2.82. The first-order valence-corrected chi connectivity index (χ1v) is 10.2. The number of pyridine rings is 1. The third-order valence-corrected chi connectivity index (χ3v) is 5.30. The van der Waals surface area contributed by atoms with Crippen molar-refractivity contribution in [2.24, 2.45) is 0 Å². The summed E-state index contributed by atoms with van der Waals surface area (Å²) in [4.78, 5) is 47.2. The number of hydrogen-bond donors (Lipinski definition) is 1. The molecule has 0 fully saturated rings. The quantitative estimate of drug-likeness (QED) is 0.491. The molecule has 4 rings (SSSR count). The largest absolute Gasteiger partial charge is 0.328 e. The molecule has 1 N–H and O–H groups in total. The van der Waals surface area contributed by atoms with Gasteiger partial charge in [0.1, 0.15) is 11.4 Å². The van der Waals surface area contributed by atoms with Crippen LogP contribution in [0.3, 0.4) is 0 Å². The van der Waals surface area contributed by atoms with Crippen LogP contribution in [0.25, 0.3) is 0 Å². The predicted octanol–water partition coefficient (Wildman–Crippen LogP) is 3.48. The zero-order valence-corrected chi connectivity index (χ0v) is 17.7. The van der Waals surface area contributed by atoms with Crippen LogP contribution in [0.5, 0.6) is 0 Å². The van der Waals surface area contributed by atoms with E-state index in [0.29, 0.717) is 16.4 Å². The molecule has 0 bridgehead atoms. The van der Waals surface area contributed by atoms with Gasteiger partial charge in [-0.2, -0.15) is 0 Å². The highest BCUT2D eigenvalue weighted by Gasteiger charge is 2.24. The zero-order valence-electron chi connectivity index (χ0n) is 16.9. The van der Waals surface area contributed by atoms with Gasteiger partial charge in [-0.3, -0.25) is 19.1 Å². The van der Waals surface area contributed by atoms with Crippen LogP contribution in [0.4, 0.5) is 5.82 Å². The number of anilines is 1. The van der Waals surface area contributed by atoms with Crippen LogP contribution < -0.4 is 16.1 Å². The third-order valence-electron chi connectivity index (χ3n) is 4.93. The number of aromatic nitrogens is 3. The van der Waals surface area contributed by atoms with E-state index in [9.17, 15) is 14.4 Å². The molecule has 160 valence electrons. The molecule has 8 heteroatoms. The number of nitrogens with zero attached hydrogens (tertiary/aromatic N) is 3. The standard InChI is InChI=1S/C24H19ClN4O3/c25-20-11-5-4-10-18(20)16-29-23(31)19(14-27-24(29)32)22(30)28(21-12-6-7-13-26-21)15-17-8-2-1-3-9-17/h1-14H,15-16H2,(H,27,32). The number of hydrogen-bond acceptors (Lipinski definition) is 4. The SMILES string of the molecule is O=C(c1c[nH]c(=O)n(Cc2ccccc2Cl)c1=O)N(Cc1ccccc1)c1ccccn1. The van der Waals surface area contributed by atoms with Crippen molar-refractivity contribution in [3.63, 3.8) is 0 Å². The van der Waals surface area contributed by atoms with E-state index in [-0.39, 0.29) is 18.7 Å². The minimum atomic E-state index is -0.701. The van der Waals surface area contributed by atoms with E-state index >= 15 is 0 Å². The number of rotatable bonds is 6. The molecule has 0 radical (unpaired) electrons. The van der Waals surface area contributed by atoms with Crippen LogP contribution in [0.1, 0.15) is 21.5 Å². The summed E-state index contributed by atoms with van der Waals surface area (Å²) in [7, 11) is 0. The van der Waals surface area contributed by atoms with Crippen molar-refractivity contribution >= 4 is 23.3 Å². The number of carbonyl (C=O) groups is 1. The monoisotopic (exact) mass is 446 g/mol. The minimum Gasteiger partial charge on any atom is -0.313 e. The maximum Gasteiger partial charge on any atom is 0.328 e. The normalized spacial score (nSPS) is 10.7. The van der Waals surface area contributed by atoms with Crippen molar-refractivity contribution in [1.29, 1.82) is 0 Å². The molecule has 0 atom stereocenters. The molecule has 0 aliphatic heterocycles. The summed E-state index contributed by atoms with van der Waals surface area (Å²) in [6.45, 7) is 0.150. The van der Waals surface area contributed by atoms with Crippen LogP contribution in [-0.2, 0) is 13.1 Å². The summed E-state index contributed by atoms with van der Waals surface area (Å²) in [6, 6.07) is 21.5. The summed E-state index contributed by atoms with van der Waals surface area (Å²) >= 11 is 6.19. The van der Waals surface area contributed by atoms with Crippen molar-refractivity contribution in [3.8, 4) is 0 Å². The maximum atomic E-state index is 13.5. The summed E-state index contributed by atoms with van der Waals surface area (Å²) < 4.78 is 0.966. The fourth-order valence-corrected chi connectivity index (χ4v) is 3.48. The lowest BCUT2D eigenvalue weighted by Crippen LogP contribution is -2.42. The number of aromatic amines is 1. The average molecular weight is 447 g/mol. The lowest BCUT2D eigenvalue weighted by Gasteiger charge is -2.22. The second kappa shape index (κ2) is 9.45. The molecule has 2 aromatic carbocycles. The van der Waals surface area contributed by atoms with Gasteiger partial charge in [-0.25, -0.2) is 9.78 Å². The Hall–Kier alpha value is -3.97. The Balaban J connectivity index is 1.75. The van der Waals surface area contributed by atoms with E-state index in [2.05, 4.69) is 9.97 Å². The zero-order chi connectivity index (χ0) is 22.5. The van der Waals surface area contributed by atoms with Crippen molar-refractivity contribution in [2.75, 3.05) is 4.90 Å². The van der Waals surface area contributed by atoms with Crippen molar-refractivity contribution in [1.82, 2.24) is 14.5 Å². The number of benzene rings is 2. The molecular formula is C24H19ClN4O3. The fourth-order valence-electron chi connectivity index (χ4n) is 3.29. The Morgan fingerprint density at radius 1 is 0.969 bits per heavy atom. The third kappa shape index (κ3) is 4.53. The molecule has 0 saturated heterocycles. The number of halogens is 1. The van der Waals surface area contributed by atoms with Gasteiger partial charge in [0.15, 0.2) is 0 Å². The highest BCUT2D eigenvalue weighted by Crippen LogP contribution is 2.17. The molecule has 2 heterocycles. The van der Waals surface area contributed by atoms with E-state index in [0.717, 1.165) is 16.3 Å². The molecule has 7 nitrogen and oxygen atoms in total. The Morgan fingerprint density at radius 3 is 2.41 bits per heavy atom. The smallest absolute Gasteiger partial charge is 0.313 e. The fraction of sp³-hybridized carbons (Fsp3) is 0.0833. The highest BCUT2D eigenvalue weighted by molar-refractivity contribution is 6.31. The van der Waals surface area contributed by atoms with E-state index in [4.69, 9.17) is 11.6 Å². The van der Waals surface area contributed by atoms with E-state index in [1.165, 1.54) is 4.90 Å². The number of carbonyl (C=O) groups excluding carboxylic acids is 1. The van der Waals surface area contributed by atoms with E-state index in [1.54, 1.807) is 48.7 Å². The number of H-pyrrole nitrogens is 1. The van der Waals surface area contributed by atoms with Crippen LogP contribution in [0.2, 0.25) is 5.02 Å². The van der Waals surface area contributed by atoms with Crippen LogP contribution >= 0.6 is 11.6 Å². The molecule has 0 spiro atoms. The van der Waals surface area contributed by atoms with Gasteiger partial charge in [-0.1, -0.05) is 66.2 Å². The van der Waals surface area contributed by atoms with Crippen LogP contribution in [-0.4, -0.2) is 20.4 Å². The lowest BCUT2D eigenvalue weighted by molar-refractivity contribution is 0.0981. The molecule has 32 heavy (non-hydrogen) atoms. The first kappa shape index (κ1) is 21.3. The Kier molecular flexibility index (Phi) is 6.28. The minimum absolute atomic E-state index is 0.0583. The van der Waals surface area contributed by atoms with Crippen LogP contribution in [0, 0.1) is 0 Å². The van der Waals surface area contributed by atoms with Gasteiger partial charge in [-0.05, 0) is 29.3 Å². The number of amides is 1. The summed E-state index contributed by atoms with van der Waals surface area (Å²) in [6.07, 6.45) is 2.72. The molecule has 0 aliphatic rings. The van der Waals surface area contributed by atoms with Gasteiger partial charge in [0.25, 0.3) is 11.5 Å². The van der Waals surface area contributed by atoms with Gasteiger partial charge in [-0.15, -0.1) is 0 Å². The second-order valence-corrected chi connectivity index (χ2v) is 7.46. The number of nitrogens with one attached hydrogen (secondary N) is 1. The van der Waals surface area contributed by atoms with Gasteiger partial charge >= 0.3 is 5.69 Å². The van der Waals surface area contributed by atoms with Crippen LogP contribution in [0.15, 0.2) is 94.8 Å². The van der Waals surface area contributed by atoms with Crippen molar-refractivity contribution < 1.29 is 4.79 Å². The van der Waals surface area contributed by atoms with E-state index in [1.807, 2.05) is 30.3 Å². The van der Waals surface area contributed by atoms with Gasteiger partial charge < -0.3 is 4.98 Å². The summed E-state index contributed by atoms with van der Waals surface area (Å²) in [5, 5.41) is 0.426. The Morgan fingerprint density at radius 2 is 1.69 bits per heavy atom. The Labute approximate surface area is 188 Å². The topological polar surface area (TPSA) is 88.1 Å². The molecular weight excluding hydrogens is 428 g/mol. The molecule has 0 aliphatic carbocycles. The van der Waals surface area contributed by atoms with Gasteiger partial charge in [0, 0.05) is 17.4 Å². The summed E-state index contributed by atoms with van der Waals surface area (Å²) in [5.41, 5.74) is -0.0330. The molecule has 0 unspecified atom stereocenters. The van der Waals surface area contributed by atoms with Crippen molar-refractivity contribution in [2.45, 2.75) is 13.1 Å². The van der Waals surface area contributed by atoms with Gasteiger partial charge in [0.05, 0.1) is 13.1 Å².